The average Bonchev–Trinajstić information content (AvgIpc) is 2.62. The summed E-state index contributed by atoms with van der Waals surface area (Å²) in [7, 11) is 1.36. The Hall–Kier alpha value is -2.04. The molecule has 0 aliphatic carbocycles. The number of hydrogen-bond acceptors (Lipinski definition) is 4. The molecule has 1 aromatic carbocycles. The van der Waals surface area contributed by atoms with Crippen LogP contribution in [0.15, 0.2) is 24.3 Å². The van der Waals surface area contributed by atoms with Crippen LogP contribution in [0.5, 0.6) is 0 Å². The van der Waals surface area contributed by atoms with Gasteiger partial charge in [0, 0.05) is 18.8 Å². The molecule has 0 bridgehead atoms. The summed E-state index contributed by atoms with van der Waals surface area (Å²) in [4.78, 5) is 24.9. The van der Waals surface area contributed by atoms with Crippen molar-refractivity contribution in [3.63, 3.8) is 0 Å². The van der Waals surface area contributed by atoms with E-state index in [4.69, 9.17) is 0 Å². The van der Waals surface area contributed by atoms with E-state index in [0.29, 0.717) is 18.7 Å². The van der Waals surface area contributed by atoms with Crippen molar-refractivity contribution in [1.82, 2.24) is 5.32 Å². The lowest BCUT2D eigenvalue weighted by molar-refractivity contribution is -0.119. The van der Waals surface area contributed by atoms with Gasteiger partial charge < -0.3 is 15.0 Å². The Balaban J connectivity index is 2.21. The summed E-state index contributed by atoms with van der Waals surface area (Å²) in [6, 6.07) is 7.15. The molecular weight excluding hydrogens is 232 g/mol. The number of methoxy groups -OCH3 is 1. The van der Waals surface area contributed by atoms with Gasteiger partial charge in [-0.1, -0.05) is 6.07 Å². The van der Waals surface area contributed by atoms with Crippen molar-refractivity contribution in [2.45, 2.75) is 6.42 Å². The summed E-state index contributed by atoms with van der Waals surface area (Å²) in [5.74, 6) is -0.355. The molecule has 1 fully saturated rings. The average molecular weight is 248 g/mol. The van der Waals surface area contributed by atoms with Gasteiger partial charge in [-0.15, -0.1) is 0 Å². The highest BCUT2D eigenvalue weighted by Gasteiger charge is 2.16. The van der Waals surface area contributed by atoms with Crippen LogP contribution in [-0.4, -0.2) is 38.6 Å². The second-order valence-electron chi connectivity index (χ2n) is 4.17. The number of anilines is 1. The molecule has 1 N–H and O–H groups in total. The second kappa shape index (κ2) is 5.53. The lowest BCUT2D eigenvalue weighted by atomic mass is 10.2. The molecule has 1 aromatic rings. The fourth-order valence-electron chi connectivity index (χ4n) is 1.97. The van der Waals surface area contributed by atoms with Gasteiger partial charge in [0.05, 0.1) is 19.2 Å². The van der Waals surface area contributed by atoms with Crippen LogP contribution in [0, 0.1) is 0 Å². The normalized spacial score (nSPS) is 15.8. The predicted octanol–water partition coefficient (Wildman–Crippen LogP) is 0.799. The summed E-state index contributed by atoms with van der Waals surface area (Å²) in [6.07, 6.45) is 0.897. The molecule has 2 rings (SSSR count). The molecule has 18 heavy (non-hydrogen) atoms. The van der Waals surface area contributed by atoms with Crippen LogP contribution >= 0.6 is 0 Å². The predicted molar refractivity (Wildman–Crippen MR) is 67.6 cm³/mol. The Morgan fingerprint density at radius 2 is 2.28 bits per heavy atom. The first-order chi connectivity index (χ1) is 8.70. The number of benzene rings is 1. The molecule has 1 heterocycles. The summed E-state index contributed by atoms with van der Waals surface area (Å²) in [5.41, 5.74) is 1.37. The minimum atomic E-state index is -0.365. The third-order valence-corrected chi connectivity index (χ3v) is 2.89. The van der Waals surface area contributed by atoms with Gasteiger partial charge in [-0.25, -0.2) is 4.79 Å². The van der Waals surface area contributed by atoms with Gasteiger partial charge in [0.1, 0.15) is 0 Å². The van der Waals surface area contributed by atoms with Crippen LogP contribution < -0.4 is 10.2 Å². The third-order valence-electron chi connectivity index (χ3n) is 2.89. The lowest BCUT2D eigenvalue weighted by Gasteiger charge is -2.21. The summed E-state index contributed by atoms with van der Waals surface area (Å²) in [5, 5.41) is 2.82. The Labute approximate surface area is 106 Å². The first kappa shape index (κ1) is 12.4. The molecule has 5 heteroatoms. The van der Waals surface area contributed by atoms with Gasteiger partial charge in [0.25, 0.3) is 0 Å². The van der Waals surface area contributed by atoms with E-state index >= 15 is 0 Å². The van der Waals surface area contributed by atoms with E-state index in [1.54, 1.807) is 18.2 Å². The Morgan fingerprint density at radius 1 is 1.44 bits per heavy atom. The molecule has 1 amide bonds. The second-order valence-corrected chi connectivity index (χ2v) is 4.17. The van der Waals surface area contributed by atoms with Crippen LogP contribution in [-0.2, 0) is 9.53 Å². The van der Waals surface area contributed by atoms with Crippen molar-refractivity contribution in [2.24, 2.45) is 0 Å². The van der Waals surface area contributed by atoms with Crippen LogP contribution in [0.25, 0.3) is 0 Å². The quantitative estimate of drug-likeness (QED) is 0.786. The van der Waals surface area contributed by atoms with Crippen LogP contribution in [0.3, 0.4) is 0 Å². The smallest absolute Gasteiger partial charge is 0.337 e. The molecule has 0 unspecified atom stereocenters. The Morgan fingerprint density at radius 3 is 3.06 bits per heavy atom. The molecule has 5 nitrogen and oxygen atoms in total. The molecule has 1 aliphatic rings. The van der Waals surface area contributed by atoms with E-state index in [1.807, 2.05) is 11.0 Å². The van der Waals surface area contributed by atoms with Crippen molar-refractivity contribution >= 4 is 17.6 Å². The van der Waals surface area contributed by atoms with Crippen molar-refractivity contribution in [2.75, 3.05) is 31.6 Å². The fraction of sp³-hybridized carbons (Fsp3) is 0.385. The van der Waals surface area contributed by atoms with Crippen molar-refractivity contribution in [3.8, 4) is 0 Å². The van der Waals surface area contributed by atoms with Crippen LogP contribution in [0.4, 0.5) is 5.69 Å². The third kappa shape index (κ3) is 2.80. The zero-order valence-corrected chi connectivity index (χ0v) is 10.3. The van der Waals surface area contributed by atoms with Crippen molar-refractivity contribution in [3.05, 3.63) is 29.8 Å². The SMILES string of the molecule is COC(=O)c1cccc(N2CCCNC(=O)C2)c1. The van der Waals surface area contributed by atoms with E-state index in [2.05, 4.69) is 10.1 Å². The molecule has 0 spiro atoms. The van der Waals surface area contributed by atoms with E-state index in [1.165, 1.54) is 7.11 Å². The topological polar surface area (TPSA) is 58.6 Å². The van der Waals surface area contributed by atoms with Gasteiger partial charge in [0.15, 0.2) is 0 Å². The number of rotatable bonds is 2. The van der Waals surface area contributed by atoms with E-state index in [9.17, 15) is 9.59 Å². The summed E-state index contributed by atoms with van der Waals surface area (Å²) >= 11 is 0. The molecule has 0 saturated carbocycles. The van der Waals surface area contributed by atoms with E-state index < -0.39 is 0 Å². The Bertz CT molecular complexity index is 459. The zero-order valence-electron chi connectivity index (χ0n) is 10.3. The molecule has 0 radical (unpaired) electrons. The lowest BCUT2D eigenvalue weighted by Crippen LogP contribution is -2.33. The molecule has 1 aliphatic heterocycles. The molecular formula is C13H16N2O3. The first-order valence-corrected chi connectivity index (χ1v) is 5.91. The molecule has 96 valence electrons. The highest BCUT2D eigenvalue weighted by molar-refractivity contribution is 5.91. The van der Waals surface area contributed by atoms with Crippen molar-refractivity contribution in [1.29, 1.82) is 0 Å². The maximum Gasteiger partial charge on any atom is 0.337 e. The van der Waals surface area contributed by atoms with E-state index in [0.717, 1.165) is 18.7 Å². The molecule has 0 atom stereocenters. The largest absolute Gasteiger partial charge is 0.465 e. The van der Waals surface area contributed by atoms with Crippen LogP contribution in [0.1, 0.15) is 16.8 Å². The van der Waals surface area contributed by atoms with Gasteiger partial charge in [-0.05, 0) is 24.6 Å². The monoisotopic (exact) mass is 248 g/mol. The van der Waals surface area contributed by atoms with Gasteiger partial charge in [-0.2, -0.15) is 0 Å². The number of amides is 1. The molecule has 0 aromatic heterocycles. The summed E-state index contributed by atoms with van der Waals surface area (Å²) < 4.78 is 4.69. The molecule has 1 saturated heterocycles. The minimum absolute atomic E-state index is 0.0102. The zero-order chi connectivity index (χ0) is 13.0. The van der Waals surface area contributed by atoms with Gasteiger partial charge >= 0.3 is 5.97 Å². The highest BCUT2D eigenvalue weighted by Crippen LogP contribution is 2.17. The number of ether oxygens (including phenoxy) is 1. The number of esters is 1. The van der Waals surface area contributed by atoms with Crippen molar-refractivity contribution < 1.29 is 14.3 Å². The maximum absolute atomic E-state index is 11.5. The minimum Gasteiger partial charge on any atom is -0.465 e. The number of nitrogens with one attached hydrogen (secondary N) is 1. The number of carbonyl (C=O) groups excluding carboxylic acids is 2. The fourth-order valence-corrected chi connectivity index (χ4v) is 1.97. The first-order valence-electron chi connectivity index (χ1n) is 5.91. The van der Waals surface area contributed by atoms with Gasteiger partial charge in [-0.3, -0.25) is 4.79 Å². The number of carbonyl (C=O) groups is 2. The highest BCUT2D eigenvalue weighted by atomic mass is 16.5. The van der Waals surface area contributed by atoms with E-state index in [-0.39, 0.29) is 11.9 Å². The number of hydrogen-bond donors (Lipinski definition) is 1. The number of nitrogens with zero attached hydrogens (tertiary/aromatic N) is 1. The standard InChI is InChI=1S/C13H16N2O3/c1-18-13(17)10-4-2-5-11(8-10)15-7-3-6-14-12(16)9-15/h2,4-5,8H,3,6-7,9H2,1H3,(H,14,16). The Kier molecular flexibility index (Phi) is 3.82. The maximum atomic E-state index is 11.5. The van der Waals surface area contributed by atoms with Gasteiger partial charge in [0.2, 0.25) is 5.91 Å². The summed E-state index contributed by atoms with van der Waals surface area (Å²) in [6.45, 7) is 1.82. The van der Waals surface area contributed by atoms with Crippen LogP contribution in [0.2, 0.25) is 0 Å².